The second-order valence-electron chi connectivity index (χ2n) is 4.40. The maximum absolute atomic E-state index is 5.60. The van der Waals surface area contributed by atoms with Gasteiger partial charge in [0.25, 0.3) is 0 Å². The van der Waals surface area contributed by atoms with Crippen LogP contribution in [0.15, 0.2) is 12.2 Å². The average Bonchev–Trinajstić information content (AvgIpc) is 1.80. The van der Waals surface area contributed by atoms with Crippen molar-refractivity contribution in [2.75, 3.05) is 0 Å². The van der Waals surface area contributed by atoms with E-state index >= 15 is 0 Å². The third-order valence-electron chi connectivity index (χ3n) is 2.07. The van der Waals surface area contributed by atoms with E-state index in [-0.39, 0.29) is 6.04 Å². The largest absolute Gasteiger partial charge is 0.325 e. The highest BCUT2D eigenvalue weighted by Gasteiger charge is 2.16. The van der Waals surface area contributed by atoms with E-state index in [1.54, 1.807) is 0 Å². The third-order valence-corrected chi connectivity index (χ3v) is 2.07. The molecule has 0 saturated heterocycles. The molecule has 0 spiro atoms. The first kappa shape index (κ1) is 10.7. The highest BCUT2D eigenvalue weighted by Crippen LogP contribution is 2.26. The van der Waals surface area contributed by atoms with Gasteiger partial charge >= 0.3 is 0 Å². The highest BCUT2D eigenvalue weighted by atomic mass is 14.6. The first-order chi connectivity index (χ1) is 4.84. The number of hydrogen-bond acceptors (Lipinski definition) is 1. The van der Waals surface area contributed by atoms with E-state index < -0.39 is 0 Å². The zero-order chi connectivity index (χ0) is 9.07. The molecule has 0 aromatic carbocycles. The highest BCUT2D eigenvalue weighted by molar-refractivity contribution is 4.95. The summed E-state index contributed by atoms with van der Waals surface area (Å²) < 4.78 is 0. The number of nitrogens with two attached hydrogens (primary N) is 1. The summed E-state index contributed by atoms with van der Waals surface area (Å²) in [5.74, 6) is 0.591. The van der Waals surface area contributed by atoms with Crippen LogP contribution in [0.1, 0.15) is 34.6 Å². The molecule has 0 amide bonds. The van der Waals surface area contributed by atoms with Crippen LogP contribution in [0.4, 0.5) is 0 Å². The van der Waals surface area contributed by atoms with E-state index in [1.807, 2.05) is 6.92 Å². The Hall–Kier alpha value is -0.300. The lowest BCUT2D eigenvalue weighted by molar-refractivity contribution is 0.314. The lowest BCUT2D eigenvalue weighted by Crippen LogP contribution is -2.17. The molecule has 1 heteroatoms. The molecule has 1 nitrogen and oxygen atoms in total. The summed E-state index contributed by atoms with van der Waals surface area (Å²) in [6.07, 6.45) is 4.26. The minimum Gasteiger partial charge on any atom is -0.325 e. The predicted octanol–water partition coefficient (Wildman–Crippen LogP) is 2.57. The molecular weight excluding hydrogens is 134 g/mol. The zero-order valence-electron chi connectivity index (χ0n) is 8.39. The molecule has 2 atom stereocenters. The number of rotatable bonds is 2. The molecule has 0 bridgehead atoms. The molecule has 0 rings (SSSR count). The monoisotopic (exact) mass is 155 g/mol. The average molecular weight is 155 g/mol. The lowest BCUT2D eigenvalue weighted by Gasteiger charge is -2.24. The maximum atomic E-state index is 5.60. The van der Waals surface area contributed by atoms with Gasteiger partial charge in [-0.3, -0.25) is 0 Å². The van der Waals surface area contributed by atoms with Crippen LogP contribution in [0.2, 0.25) is 0 Å². The molecule has 0 aromatic rings. The first-order valence-corrected chi connectivity index (χ1v) is 4.28. The van der Waals surface area contributed by atoms with E-state index in [9.17, 15) is 0 Å². The van der Waals surface area contributed by atoms with Crippen molar-refractivity contribution in [2.45, 2.75) is 40.7 Å². The van der Waals surface area contributed by atoms with Crippen LogP contribution < -0.4 is 5.73 Å². The fourth-order valence-electron chi connectivity index (χ4n) is 0.631. The molecule has 0 aliphatic carbocycles. The fourth-order valence-corrected chi connectivity index (χ4v) is 0.631. The minimum atomic E-state index is 0.180. The van der Waals surface area contributed by atoms with Gasteiger partial charge in [0.1, 0.15) is 0 Å². The summed E-state index contributed by atoms with van der Waals surface area (Å²) in [6.45, 7) is 10.9. The van der Waals surface area contributed by atoms with Crippen molar-refractivity contribution in [3.8, 4) is 0 Å². The molecule has 0 aromatic heterocycles. The fraction of sp³-hybridized carbons (Fsp3) is 0.800. The smallest absolute Gasteiger partial charge is 0.0194 e. The minimum absolute atomic E-state index is 0.180. The van der Waals surface area contributed by atoms with Gasteiger partial charge in [0.15, 0.2) is 0 Å². The zero-order valence-corrected chi connectivity index (χ0v) is 8.39. The molecule has 2 unspecified atom stereocenters. The number of hydrogen-bond donors (Lipinski definition) is 1. The van der Waals surface area contributed by atoms with Gasteiger partial charge in [-0.05, 0) is 18.3 Å². The van der Waals surface area contributed by atoms with Crippen LogP contribution in [0.3, 0.4) is 0 Å². The van der Waals surface area contributed by atoms with Gasteiger partial charge < -0.3 is 5.73 Å². The molecule has 0 heterocycles. The van der Waals surface area contributed by atoms with Crippen LogP contribution in [-0.2, 0) is 0 Å². The summed E-state index contributed by atoms with van der Waals surface area (Å²) in [6, 6.07) is 0.180. The van der Waals surface area contributed by atoms with Crippen LogP contribution >= 0.6 is 0 Å². The van der Waals surface area contributed by atoms with Gasteiger partial charge in [-0.2, -0.15) is 0 Å². The second-order valence-corrected chi connectivity index (χ2v) is 4.40. The summed E-state index contributed by atoms with van der Waals surface area (Å²) in [4.78, 5) is 0. The molecule has 0 radical (unpaired) electrons. The molecule has 0 aliphatic rings. The third kappa shape index (κ3) is 5.02. The second kappa shape index (κ2) is 3.91. The van der Waals surface area contributed by atoms with Gasteiger partial charge in [-0.25, -0.2) is 0 Å². The standard InChI is InChI=1S/C10H21N/c1-8(10(3,4)5)6-7-9(2)11/h6-9H,11H2,1-5H3/b7-6+. The predicted molar refractivity (Wildman–Crippen MR) is 51.4 cm³/mol. The van der Waals surface area contributed by atoms with E-state index in [0.29, 0.717) is 11.3 Å². The Kier molecular flexibility index (Phi) is 3.81. The van der Waals surface area contributed by atoms with Crippen LogP contribution in [0, 0.1) is 11.3 Å². The van der Waals surface area contributed by atoms with E-state index in [4.69, 9.17) is 5.73 Å². The van der Waals surface area contributed by atoms with Gasteiger partial charge in [0.2, 0.25) is 0 Å². The van der Waals surface area contributed by atoms with E-state index in [0.717, 1.165) is 0 Å². The van der Waals surface area contributed by atoms with E-state index in [2.05, 4.69) is 39.8 Å². The SMILES string of the molecule is CC(N)/C=C/C(C)C(C)(C)C. The maximum Gasteiger partial charge on any atom is 0.0194 e. The Balaban J connectivity index is 3.97. The van der Waals surface area contributed by atoms with Gasteiger partial charge in [-0.1, -0.05) is 39.8 Å². The molecule has 2 N–H and O–H groups in total. The first-order valence-electron chi connectivity index (χ1n) is 4.28. The summed E-state index contributed by atoms with van der Waals surface area (Å²) in [7, 11) is 0. The molecule has 11 heavy (non-hydrogen) atoms. The van der Waals surface area contributed by atoms with Gasteiger partial charge in [0, 0.05) is 6.04 Å². The Labute approximate surface area is 70.7 Å². The summed E-state index contributed by atoms with van der Waals surface area (Å²) in [5.41, 5.74) is 5.95. The summed E-state index contributed by atoms with van der Waals surface area (Å²) in [5, 5.41) is 0. The summed E-state index contributed by atoms with van der Waals surface area (Å²) >= 11 is 0. The van der Waals surface area contributed by atoms with Gasteiger partial charge in [-0.15, -0.1) is 0 Å². The normalized spacial score (nSPS) is 18.7. The van der Waals surface area contributed by atoms with Crippen molar-refractivity contribution in [1.82, 2.24) is 0 Å². The molecular formula is C10H21N. The quantitative estimate of drug-likeness (QED) is 0.609. The molecule has 0 saturated carbocycles. The molecule has 0 fully saturated rings. The Morgan fingerprint density at radius 1 is 1.09 bits per heavy atom. The van der Waals surface area contributed by atoms with Crippen LogP contribution in [0.5, 0.6) is 0 Å². The number of allylic oxidation sites excluding steroid dienone is 1. The molecule has 0 aliphatic heterocycles. The van der Waals surface area contributed by atoms with Crippen molar-refractivity contribution in [1.29, 1.82) is 0 Å². The van der Waals surface area contributed by atoms with Crippen molar-refractivity contribution >= 4 is 0 Å². The Bertz CT molecular complexity index is 128. The van der Waals surface area contributed by atoms with Crippen molar-refractivity contribution < 1.29 is 0 Å². The van der Waals surface area contributed by atoms with Crippen molar-refractivity contribution in [2.24, 2.45) is 17.1 Å². The topological polar surface area (TPSA) is 26.0 Å². The lowest BCUT2D eigenvalue weighted by atomic mass is 9.82. The molecule has 66 valence electrons. The van der Waals surface area contributed by atoms with Crippen LogP contribution in [-0.4, -0.2) is 6.04 Å². The Morgan fingerprint density at radius 3 is 1.82 bits per heavy atom. The van der Waals surface area contributed by atoms with Crippen molar-refractivity contribution in [3.05, 3.63) is 12.2 Å². The Morgan fingerprint density at radius 2 is 1.55 bits per heavy atom. The van der Waals surface area contributed by atoms with Crippen LogP contribution in [0.25, 0.3) is 0 Å². The van der Waals surface area contributed by atoms with Crippen molar-refractivity contribution in [3.63, 3.8) is 0 Å². The van der Waals surface area contributed by atoms with E-state index in [1.165, 1.54) is 0 Å². The van der Waals surface area contributed by atoms with Gasteiger partial charge in [0.05, 0.1) is 0 Å².